The van der Waals surface area contributed by atoms with Gasteiger partial charge in [-0.05, 0) is 44.2 Å². The molecule has 9 heteroatoms. The molecule has 36 heavy (non-hydrogen) atoms. The zero-order valence-electron chi connectivity index (χ0n) is 21.7. The fourth-order valence-corrected chi connectivity index (χ4v) is 4.43. The smallest absolute Gasteiger partial charge is 0.225 e. The van der Waals surface area contributed by atoms with Crippen molar-refractivity contribution in [1.82, 2.24) is 19.9 Å². The average molecular weight is 499 g/mol. The highest BCUT2D eigenvalue weighted by atomic mass is 16.5. The van der Waals surface area contributed by atoms with Crippen molar-refractivity contribution in [3.05, 3.63) is 36.8 Å². The van der Waals surface area contributed by atoms with Crippen LogP contribution in [-0.4, -0.2) is 65.0 Å². The van der Waals surface area contributed by atoms with Gasteiger partial charge in [0.25, 0.3) is 0 Å². The van der Waals surface area contributed by atoms with E-state index in [0.29, 0.717) is 43.4 Å². The van der Waals surface area contributed by atoms with Crippen LogP contribution in [0.15, 0.2) is 36.8 Å². The number of nitrogens with zero attached hydrogens (tertiary/aromatic N) is 5. The van der Waals surface area contributed by atoms with Crippen LogP contribution in [-0.2, 0) is 4.74 Å². The molecule has 0 amide bonds. The molecule has 0 radical (unpaired) electrons. The minimum absolute atomic E-state index is 0. The first-order valence-corrected chi connectivity index (χ1v) is 13.2. The van der Waals surface area contributed by atoms with Crippen LogP contribution in [0.5, 0.6) is 11.6 Å². The van der Waals surface area contributed by atoms with Gasteiger partial charge in [0.15, 0.2) is 5.75 Å². The van der Waals surface area contributed by atoms with Crippen LogP contribution in [0.2, 0.25) is 0 Å². The lowest BCUT2D eigenvalue weighted by molar-refractivity contribution is 0.122. The van der Waals surface area contributed by atoms with Gasteiger partial charge in [-0.2, -0.15) is 4.98 Å². The van der Waals surface area contributed by atoms with E-state index in [0.717, 1.165) is 61.9 Å². The second-order valence-electron chi connectivity index (χ2n) is 8.78. The molecule has 9 nitrogen and oxygen atoms in total. The molecule has 1 saturated carbocycles. The third kappa shape index (κ3) is 6.72. The largest absolute Gasteiger partial charge is 0.490 e. The first kappa shape index (κ1) is 25.9. The number of ether oxygens (including phenoxy) is 3. The molecule has 2 aliphatic rings. The molecule has 4 heterocycles. The van der Waals surface area contributed by atoms with Crippen LogP contribution < -0.4 is 19.7 Å². The van der Waals surface area contributed by atoms with Crippen LogP contribution in [0.4, 0.5) is 11.8 Å². The third-order valence-corrected chi connectivity index (χ3v) is 6.27. The Morgan fingerprint density at radius 3 is 2.56 bits per heavy atom. The predicted molar refractivity (Wildman–Crippen MR) is 146 cm³/mol. The predicted octanol–water partition coefficient (Wildman–Crippen LogP) is 5.37. The second kappa shape index (κ2) is 13.2. The van der Waals surface area contributed by atoms with Crippen molar-refractivity contribution in [2.45, 2.75) is 65.0 Å². The van der Waals surface area contributed by atoms with Crippen molar-refractivity contribution in [2.75, 3.05) is 43.1 Å². The van der Waals surface area contributed by atoms with E-state index in [2.05, 4.69) is 32.1 Å². The summed E-state index contributed by atoms with van der Waals surface area (Å²) in [6.45, 7) is 9.84. The molecule has 1 saturated heterocycles. The summed E-state index contributed by atoms with van der Waals surface area (Å²) >= 11 is 0. The first-order chi connectivity index (χ1) is 17.8. The van der Waals surface area contributed by atoms with E-state index in [1.54, 1.807) is 12.4 Å². The number of nitrogens with one attached hydrogen (secondary N) is 1. The molecule has 5 rings (SSSR count). The Hall–Kier alpha value is -3.20. The molecule has 1 aliphatic carbocycles. The Bertz CT molecular complexity index is 1080. The fraction of sp³-hybridized carbons (Fsp3) is 0.556. The van der Waals surface area contributed by atoms with E-state index in [9.17, 15) is 0 Å². The summed E-state index contributed by atoms with van der Waals surface area (Å²) < 4.78 is 17.5. The third-order valence-electron chi connectivity index (χ3n) is 6.27. The van der Waals surface area contributed by atoms with Crippen molar-refractivity contribution in [3.63, 3.8) is 0 Å². The van der Waals surface area contributed by atoms with Gasteiger partial charge in [-0.3, -0.25) is 4.98 Å². The van der Waals surface area contributed by atoms with E-state index in [1.807, 2.05) is 38.2 Å². The zero-order valence-corrected chi connectivity index (χ0v) is 21.7. The standard InChI is InChI=1S/C25H32N6O3.C2H6.2H2/c1-2-12-33-20-16-27-25(28-17-20)29-18-5-7-19(8-6-18)34-24-21-4-3-9-26-22(21)15-23(30-24)31-10-13-32-14-11-31;1-2;;/h3-4,9,15-19H,2,5-8,10-14H2,1H3,(H,27,28,29);1-2H3;2*1H. The molecule has 0 aromatic carbocycles. The number of fused-ring (bicyclic) bond motifs is 1. The normalized spacial score (nSPS) is 19.8. The van der Waals surface area contributed by atoms with Gasteiger partial charge in [-0.25, -0.2) is 9.97 Å². The lowest BCUT2D eigenvalue weighted by Crippen LogP contribution is -2.37. The number of hydrogen-bond donors (Lipinski definition) is 1. The van der Waals surface area contributed by atoms with Gasteiger partial charge in [0, 0.05) is 34.2 Å². The molecule has 198 valence electrons. The van der Waals surface area contributed by atoms with Crippen molar-refractivity contribution < 1.29 is 17.1 Å². The summed E-state index contributed by atoms with van der Waals surface area (Å²) in [5, 5.41) is 4.41. The van der Waals surface area contributed by atoms with Crippen LogP contribution in [0.1, 0.15) is 55.7 Å². The van der Waals surface area contributed by atoms with Crippen LogP contribution >= 0.6 is 0 Å². The Balaban J connectivity index is 0.00000124. The molecule has 1 N–H and O–H groups in total. The molecule has 1 aliphatic heterocycles. The van der Waals surface area contributed by atoms with Gasteiger partial charge in [-0.1, -0.05) is 20.8 Å². The van der Waals surface area contributed by atoms with Gasteiger partial charge in [-0.15, -0.1) is 0 Å². The lowest BCUT2D eigenvalue weighted by atomic mass is 9.93. The summed E-state index contributed by atoms with van der Waals surface area (Å²) in [5.41, 5.74) is 0.910. The maximum atomic E-state index is 6.47. The summed E-state index contributed by atoms with van der Waals surface area (Å²) in [6.07, 6.45) is 10.2. The van der Waals surface area contributed by atoms with E-state index < -0.39 is 0 Å². The second-order valence-corrected chi connectivity index (χ2v) is 8.78. The topological polar surface area (TPSA) is 94.5 Å². The first-order valence-electron chi connectivity index (χ1n) is 13.2. The quantitative estimate of drug-likeness (QED) is 0.440. The van der Waals surface area contributed by atoms with Gasteiger partial charge < -0.3 is 24.4 Å². The van der Waals surface area contributed by atoms with E-state index >= 15 is 0 Å². The Labute approximate surface area is 216 Å². The molecule has 2 fully saturated rings. The number of anilines is 2. The molecule has 0 atom stereocenters. The SMILES string of the molecule is CC.CCCOc1cnc(NC2CCC(Oc3nc(N4CCOCC4)cc4ncccc34)CC2)nc1.[HH].[HH]. The van der Waals surface area contributed by atoms with Crippen molar-refractivity contribution >= 4 is 22.7 Å². The Morgan fingerprint density at radius 2 is 1.83 bits per heavy atom. The highest BCUT2D eigenvalue weighted by Crippen LogP contribution is 2.31. The fourth-order valence-electron chi connectivity index (χ4n) is 4.43. The van der Waals surface area contributed by atoms with Crippen molar-refractivity contribution in [2.24, 2.45) is 0 Å². The number of morpholine rings is 1. The minimum atomic E-state index is 0. The van der Waals surface area contributed by atoms with E-state index in [4.69, 9.17) is 19.2 Å². The van der Waals surface area contributed by atoms with Crippen molar-refractivity contribution in [3.8, 4) is 11.6 Å². The van der Waals surface area contributed by atoms with Crippen LogP contribution in [0, 0.1) is 0 Å². The van der Waals surface area contributed by atoms with Crippen molar-refractivity contribution in [1.29, 1.82) is 0 Å². The highest BCUT2D eigenvalue weighted by Gasteiger charge is 2.25. The molecule has 3 aromatic heterocycles. The highest BCUT2D eigenvalue weighted by molar-refractivity contribution is 5.85. The maximum Gasteiger partial charge on any atom is 0.225 e. The van der Waals surface area contributed by atoms with E-state index in [1.165, 1.54) is 0 Å². The van der Waals surface area contributed by atoms with Gasteiger partial charge in [0.1, 0.15) is 11.9 Å². The lowest BCUT2D eigenvalue weighted by Gasteiger charge is -2.31. The summed E-state index contributed by atoms with van der Waals surface area (Å²) in [4.78, 5) is 20.5. The zero-order chi connectivity index (χ0) is 25.2. The monoisotopic (exact) mass is 498 g/mol. The van der Waals surface area contributed by atoms with E-state index in [-0.39, 0.29) is 8.96 Å². The van der Waals surface area contributed by atoms with Gasteiger partial charge in [0.2, 0.25) is 11.8 Å². The number of rotatable bonds is 8. The maximum absolute atomic E-state index is 6.47. The van der Waals surface area contributed by atoms with Gasteiger partial charge >= 0.3 is 0 Å². The molecule has 0 bridgehead atoms. The molecular formula is C27H42N6O3. The van der Waals surface area contributed by atoms with Crippen LogP contribution in [0.25, 0.3) is 10.9 Å². The molecule has 0 unspecified atom stereocenters. The molecular weight excluding hydrogens is 456 g/mol. The number of aromatic nitrogens is 4. The van der Waals surface area contributed by atoms with Gasteiger partial charge in [0.05, 0.1) is 43.1 Å². The molecule has 0 spiro atoms. The summed E-state index contributed by atoms with van der Waals surface area (Å²) in [5.74, 6) is 2.93. The Kier molecular flexibility index (Phi) is 9.49. The molecule has 3 aromatic rings. The number of pyridine rings is 2. The summed E-state index contributed by atoms with van der Waals surface area (Å²) in [6, 6.07) is 6.34. The van der Waals surface area contributed by atoms with Crippen LogP contribution in [0.3, 0.4) is 0 Å². The number of hydrogen-bond acceptors (Lipinski definition) is 9. The minimum Gasteiger partial charge on any atom is -0.490 e. The summed E-state index contributed by atoms with van der Waals surface area (Å²) in [7, 11) is 0. The Morgan fingerprint density at radius 1 is 1.08 bits per heavy atom. The average Bonchev–Trinajstić information content (AvgIpc) is 2.95.